The summed E-state index contributed by atoms with van der Waals surface area (Å²) in [5.74, 6) is 0. The average Bonchev–Trinajstić information content (AvgIpc) is 2.35. The van der Waals surface area contributed by atoms with E-state index in [1.165, 1.54) is 21.5 Å². The van der Waals surface area contributed by atoms with E-state index in [4.69, 9.17) is 0 Å². The van der Waals surface area contributed by atoms with Crippen molar-refractivity contribution in [3.8, 4) is 0 Å². The van der Waals surface area contributed by atoms with Crippen LogP contribution in [-0.2, 0) is 0 Å². The first-order valence-corrected chi connectivity index (χ1v) is 7.15. The Morgan fingerprint density at radius 3 is 2.39 bits per heavy atom. The standard InChI is InChI=1S/C16H10Br2/c1-9-3-6-13-14(18)8-5-11-4-7-12(10(2)17)15(9)16(11)13/h3-8H,1-2H2. The second-order valence-corrected chi connectivity index (χ2v) is 6.12. The fourth-order valence-corrected chi connectivity index (χ4v) is 3.20. The van der Waals surface area contributed by atoms with Gasteiger partial charge in [-0.25, -0.2) is 0 Å². The molecule has 0 aliphatic rings. The van der Waals surface area contributed by atoms with Crippen LogP contribution in [0.25, 0.3) is 32.6 Å². The van der Waals surface area contributed by atoms with Gasteiger partial charge in [-0.15, -0.1) is 0 Å². The topological polar surface area (TPSA) is 0 Å². The van der Waals surface area contributed by atoms with Gasteiger partial charge in [-0.3, -0.25) is 0 Å². The molecule has 0 saturated heterocycles. The van der Waals surface area contributed by atoms with Crippen molar-refractivity contribution in [3.05, 3.63) is 58.2 Å². The number of halogens is 2. The van der Waals surface area contributed by atoms with Gasteiger partial charge in [0.25, 0.3) is 0 Å². The summed E-state index contributed by atoms with van der Waals surface area (Å²) in [6.45, 7) is 8.14. The van der Waals surface area contributed by atoms with E-state index in [-0.39, 0.29) is 0 Å². The number of rotatable bonds is 1. The molecule has 0 spiro atoms. The molecule has 0 N–H and O–H groups in total. The second kappa shape index (κ2) is 4.22. The lowest BCUT2D eigenvalue weighted by Gasteiger charge is -2.11. The molecular formula is C16H10Br2. The van der Waals surface area contributed by atoms with Crippen LogP contribution in [-0.4, -0.2) is 0 Å². The molecule has 0 saturated carbocycles. The van der Waals surface area contributed by atoms with Crippen LogP contribution < -0.4 is 5.22 Å². The Morgan fingerprint density at radius 2 is 1.67 bits per heavy atom. The van der Waals surface area contributed by atoms with Crippen molar-refractivity contribution in [3.63, 3.8) is 0 Å². The van der Waals surface area contributed by atoms with Crippen molar-refractivity contribution in [2.75, 3.05) is 0 Å². The zero-order valence-electron chi connectivity index (χ0n) is 9.63. The van der Waals surface area contributed by atoms with Gasteiger partial charge in [0.05, 0.1) is 0 Å². The van der Waals surface area contributed by atoms with E-state index in [1.807, 2.05) is 0 Å². The molecule has 0 heterocycles. The third-order valence-corrected chi connectivity index (χ3v) is 4.36. The number of hydrogen-bond acceptors (Lipinski definition) is 0. The summed E-state index contributed by atoms with van der Waals surface area (Å²) in [5, 5.41) is 5.89. The van der Waals surface area contributed by atoms with Gasteiger partial charge in [0, 0.05) is 8.96 Å². The largest absolute Gasteiger partial charge is 0.0911 e. The van der Waals surface area contributed by atoms with E-state index >= 15 is 0 Å². The lowest BCUT2D eigenvalue weighted by atomic mass is 9.95. The molecule has 0 bridgehead atoms. The van der Waals surface area contributed by atoms with Crippen LogP contribution in [0.5, 0.6) is 0 Å². The molecule has 0 radical (unpaired) electrons. The van der Waals surface area contributed by atoms with Gasteiger partial charge in [-0.05, 0) is 38.4 Å². The van der Waals surface area contributed by atoms with Crippen LogP contribution in [0.15, 0.2) is 47.4 Å². The molecule has 3 aromatic rings. The Hall–Kier alpha value is -1.12. The maximum absolute atomic E-state index is 4.15. The molecule has 0 nitrogen and oxygen atoms in total. The van der Waals surface area contributed by atoms with Gasteiger partial charge in [0.2, 0.25) is 0 Å². The van der Waals surface area contributed by atoms with E-state index in [9.17, 15) is 0 Å². The van der Waals surface area contributed by atoms with Gasteiger partial charge >= 0.3 is 0 Å². The Bertz CT molecular complexity index is 831. The molecule has 0 unspecified atom stereocenters. The van der Waals surface area contributed by atoms with Gasteiger partial charge in [0.1, 0.15) is 0 Å². The quantitative estimate of drug-likeness (QED) is 0.555. The zero-order chi connectivity index (χ0) is 12.9. The van der Waals surface area contributed by atoms with E-state index < -0.39 is 0 Å². The van der Waals surface area contributed by atoms with Crippen molar-refractivity contribution in [2.24, 2.45) is 0 Å². The highest BCUT2D eigenvalue weighted by molar-refractivity contribution is 9.15. The van der Waals surface area contributed by atoms with E-state index in [1.54, 1.807) is 0 Å². The van der Waals surface area contributed by atoms with Crippen LogP contribution in [0.2, 0.25) is 0 Å². The molecule has 0 aliphatic heterocycles. The molecule has 0 aliphatic carbocycles. The summed E-state index contributed by atoms with van der Waals surface area (Å²) in [6, 6.07) is 12.6. The van der Waals surface area contributed by atoms with E-state index in [0.29, 0.717) is 0 Å². The first-order valence-electron chi connectivity index (χ1n) is 5.57. The Kier molecular flexibility index (Phi) is 2.80. The minimum atomic E-state index is 0.891. The predicted octanol–water partition coefficient (Wildman–Crippen LogP) is 5.25. The molecule has 18 heavy (non-hydrogen) atoms. The highest BCUT2D eigenvalue weighted by atomic mass is 79.9. The Labute approximate surface area is 122 Å². The van der Waals surface area contributed by atoms with Gasteiger partial charge in [0.15, 0.2) is 0 Å². The molecular weight excluding hydrogens is 352 g/mol. The highest BCUT2D eigenvalue weighted by Crippen LogP contribution is 2.34. The summed E-state index contributed by atoms with van der Waals surface area (Å²) >= 11 is 7.10. The number of benzene rings is 3. The van der Waals surface area contributed by atoms with Crippen molar-refractivity contribution in [1.29, 1.82) is 0 Å². The summed E-state index contributed by atoms with van der Waals surface area (Å²) in [7, 11) is 0. The second-order valence-electron chi connectivity index (χ2n) is 4.31. The SMILES string of the molecule is C=C(Br)c1ccc2ccc(Br)c3ccc(=C)c1c23. The highest BCUT2D eigenvalue weighted by Gasteiger charge is 2.10. The summed E-state index contributed by atoms with van der Waals surface area (Å²) in [5.41, 5.74) is 1.11. The predicted molar refractivity (Wildman–Crippen MR) is 87.9 cm³/mol. The average molecular weight is 362 g/mol. The molecule has 0 amide bonds. The lowest BCUT2D eigenvalue weighted by molar-refractivity contribution is 1.67. The molecule has 2 heteroatoms. The van der Waals surface area contributed by atoms with Gasteiger partial charge in [-0.2, -0.15) is 0 Å². The zero-order valence-corrected chi connectivity index (χ0v) is 12.8. The Balaban J connectivity index is 2.71. The normalized spacial score (nSPS) is 11.2. The van der Waals surface area contributed by atoms with Crippen molar-refractivity contribution >= 4 is 64.5 Å². The summed E-state index contributed by atoms with van der Waals surface area (Å²) < 4.78 is 2.00. The van der Waals surface area contributed by atoms with Crippen LogP contribution >= 0.6 is 31.9 Å². The molecule has 3 aromatic carbocycles. The molecule has 88 valence electrons. The van der Waals surface area contributed by atoms with Crippen molar-refractivity contribution in [1.82, 2.24) is 0 Å². The Morgan fingerprint density at radius 1 is 0.944 bits per heavy atom. The molecule has 0 atom stereocenters. The van der Waals surface area contributed by atoms with Crippen LogP contribution in [0.3, 0.4) is 0 Å². The van der Waals surface area contributed by atoms with Crippen LogP contribution in [0.1, 0.15) is 5.56 Å². The first kappa shape index (κ1) is 11.9. The molecule has 0 aromatic heterocycles. The first-order chi connectivity index (χ1) is 8.59. The maximum atomic E-state index is 4.15. The van der Waals surface area contributed by atoms with E-state index in [2.05, 4.69) is 81.4 Å². The van der Waals surface area contributed by atoms with Gasteiger partial charge in [-0.1, -0.05) is 75.3 Å². The fraction of sp³-hybridized carbons (Fsp3) is 0. The van der Waals surface area contributed by atoms with Crippen molar-refractivity contribution < 1.29 is 0 Å². The minimum Gasteiger partial charge on any atom is -0.0911 e. The monoisotopic (exact) mass is 360 g/mol. The van der Waals surface area contributed by atoms with E-state index in [0.717, 1.165) is 19.7 Å². The van der Waals surface area contributed by atoms with Crippen LogP contribution in [0.4, 0.5) is 0 Å². The molecule has 0 fully saturated rings. The van der Waals surface area contributed by atoms with Crippen LogP contribution in [0, 0.1) is 0 Å². The summed E-state index contributed by atoms with van der Waals surface area (Å²) in [6.07, 6.45) is 0. The summed E-state index contributed by atoms with van der Waals surface area (Å²) in [4.78, 5) is 0. The van der Waals surface area contributed by atoms with Gasteiger partial charge < -0.3 is 0 Å². The fourth-order valence-electron chi connectivity index (χ4n) is 2.41. The minimum absolute atomic E-state index is 0.891. The smallest absolute Gasteiger partial charge is 0.0254 e. The third kappa shape index (κ3) is 1.63. The van der Waals surface area contributed by atoms with Crippen molar-refractivity contribution in [2.45, 2.75) is 0 Å². The third-order valence-electron chi connectivity index (χ3n) is 3.24. The number of hydrogen-bond donors (Lipinski definition) is 0. The molecule has 3 rings (SSSR count). The maximum Gasteiger partial charge on any atom is 0.0254 e. The lowest BCUT2D eigenvalue weighted by Crippen LogP contribution is -2.02.